The van der Waals surface area contributed by atoms with Gasteiger partial charge in [0, 0.05) is 19.6 Å². The van der Waals surface area contributed by atoms with Crippen molar-refractivity contribution in [2.45, 2.75) is 77.1 Å². The van der Waals surface area contributed by atoms with Gasteiger partial charge in [-0.05, 0) is 46.5 Å². The summed E-state index contributed by atoms with van der Waals surface area (Å²) in [6, 6.07) is 0. The third-order valence-electron chi connectivity index (χ3n) is 4.40. The quantitative estimate of drug-likeness (QED) is 0.855. The van der Waals surface area contributed by atoms with Crippen LogP contribution in [0.4, 0.5) is 0 Å². The highest BCUT2D eigenvalue weighted by Crippen LogP contribution is 2.30. The summed E-state index contributed by atoms with van der Waals surface area (Å²) >= 11 is 0. The van der Waals surface area contributed by atoms with Gasteiger partial charge in [-0.1, -0.05) is 19.3 Å². The highest BCUT2D eigenvalue weighted by molar-refractivity contribution is 4.90. The molecular weight excluding hydrogens is 238 g/mol. The van der Waals surface area contributed by atoms with E-state index in [4.69, 9.17) is 4.74 Å². The first-order valence-corrected chi connectivity index (χ1v) is 7.88. The molecular formula is C16H31NO2. The number of aliphatic hydroxyl groups is 1. The molecule has 1 atom stereocenters. The summed E-state index contributed by atoms with van der Waals surface area (Å²) in [6.45, 7) is 11.2. The van der Waals surface area contributed by atoms with Crippen molar-refractivity contribution in [1.82, 2.24) is 4.90 Å². The highest BCUT2D eigenvalue weighted by Gasteiger charge is 2.39. The third kappa shape index (κ3) is 4.44. The van der Waals surface area contributed by atoms with Gasteiger partial charge in [-0.25, -0.2) is 0 Å². The smallest absolute Gasteiger partial charge is 0.0760 e. The molecule has 0 spiro atoms. The van der Waals surface area contributed by atoms with E-state index in [2.05, 4.69) is 32.6 Å². The molecule has 1 unspecified atom stereocenters. The second kappa shape index (κ2) is 5.71. The SMILES string of the molecule is CC1(C)CN(CC(O)C2CCCCC2)CC(C)(C)O1. The van der Waals surface area contributed by atoms with Gasteiger partial charge in [-0.3, -0.25) is 4.90 Å². The number of hydrogen-bond acceptors (Lipinski definition) is 3. The molecule has 112 valence electrons. The Bertz CT molecular complexity index is 279. The van der Waals surface area contributed by atoms with Crippen molar-refractivity contribution in [3.05, 3.63) is 0 Å². The fourth-order valence-corrected chi connectivity index (χ4v) is 4.01. The summed E-state index contributed by atoms with van der Waals surface area (Å²) in [6.07, 6.45) is 6.19. The number of aliphatic hydroxyl groups excluding tert-OH is 1. The maximum atomic E-state index is 10.5. The molecule has 1 saturated carbocycles. The third-order valence-corrected chi connectivity index (χ3v) is 4.40. The van der Waals surface area contributed by atoms with Gasteiger partial charge < -0.3 is 9.84 Å². The van der Waals surface area contributed by atoms with E-state index in [0.29, 0.717) is 5.92 Å². The summed E-state index contributed by atoms with van der Waals surface area (Å²) in [4.78, 5) is 2.39. The van der Waals surface area contributed by atoms with Crippen molar-refractivity contribution in [3.8, 4) is 0 Å². The second-order valence-electron chi connectivity index (χ2n) is 7.76. The van der Waals surface area contributed by atoms with Crippen LogP contribution in [0.2, 0.25) is 0 Å². The molecule has 1 saturated heterocycles. The maximum Gasteiger partial charge on any atom is 0.0760 e. The lowest BCUT2D eigenvalue weighted by atomic mass is 9.85. The Morgan fingerprint density at radius 2 is 1.58 bits per heavy atom. The fraction of sp³-hybridized carbons (Fsp3) is 1.00. The van der Waals surface area contributed by atoms with Crippen molar-refractivity contribution < 1.29 is 9.84 Å². The van der Waals surface area contributed by atoms with Crippen LogP contribution in [-0.2, 0) is 4.74 Å². The molecule has 0 amide bonds. The molecule has 19 heavy (non-hydrogen) atoms. The molecule has 2 rings (SSSR count). The van der Waals surface area contributed by atoms with E-state index in [1.807, 2.05) is 0 Å². The van der Waals surface area contributed by atoms with E-state index in [9.17, 15) is 5.11 Å². The molecule has 1 N–H and O–H groups in total. The zero-order chi connectivity index (χ0) is 14.1. The minimum Gasteiger partial charge on any atom is -0.392 e. The van der Waals surface area contributed by atoms with E-state index < -0.39 is 0 Å². The van der Waals surface area contributed by atoms with Gasteiger partial charge in [0.05, 0.1) is 17.3 Å². The zero-order valence-corrected chi connectivity index (χ0v) is 13.1. The van der Waals surface area contributed by atoms with Crippen LogP contribution in [0.3, 0.4) is 0 Å². The van der Waals surface area contributed by atoms with E-state index in [-0.39, 0.29) is 17.3 Å². The second-order valence-corrected chi connectivity index (χ2v) is 7.76. The first-order chi connectivity index (χ1) is 8.77. The minimum absolute atomic E-state index is 0.117. The molecule has 0 bridgehead atoms. The van der Waals surface area contributed by atoms with Gasteiger partial charge in [-0.15, -0.1) is 0 Å². The predicted octanol–water partition coefficient (Wildman–Crippen LogP) is 2.82. The summed E-state index contributed by atoms with van der Waals surface area (Å²) < 4.78 is 6.10. The van der Waals surface area contributed by atoms with Crippen molar-refractivity contribution in [2.75, 3.05) is 19.6 Å². The monoisotopic (exact) mass is 269 g/mol. The van der Waals surface area contributed by atoms with Crippen molar-refractivity contribution >= 4 is 0 Å². The lowest BCUT2D eigenvalue weighted by Crippen LogP contribution is -2.58. The summed E-state index contributed by atoms with van der Waals surface area (Å²) in [7, 11) is 0. The topological polar surface area (TPSA) is 32.7 Å². The molecule has 2 aliphatic rings. The summed E-state index contributed by atoms with van der Waals surface area (Å²) in [5.41, 5.74) is -0.234. The average molecular weight is 269 g/mol. The lowest BCUT2D eigenvalue weighted by molar-refractivity contribution is -0.185. The molecule has 2 fully saturated rings. The van der Waals surface area contributed by atoms with E-state index >= 15 is 0 Å². The molecule has 0 aromatic rings. The van der Waals surface area contributed by atoms with E-state index in [1.54, 1.807) is 0 Å². The first-order valence-electron chi connectivity index (χ1n) is 7.88. The number of rotatable bonds is 3. The summed E-state index contributed by atoms with van der Waals surface area (Å²) in [5.74, 6) is 0.516. The molecule has 3 heteroatoms. The molecule has 3 nitrogen and oxygen atoms in total. The zero-order valence-electron chi connectivity index (χ0n) is 13.1. The molecule has 0 aromatic carbocycles. The minimum atomic E-state index is -0.162. The van der Waals surface area contributed by atoms with Crippen molar-refractivity contribution in [2.24, 2.45) is 5.92 Å². The number of morpholine rings is 1. The Kier molecular flexibility index (Phi) is 4.59. The van der Waals surface area contributed by atoms with Gasteiger partial charge in [0.15, 0.2) is 0 Å². The maximum absolute atomic E-state index is 10.5. The van der Waals surface area contributed by atoms with Gasteiger partial charge >= 0.3 is 0 Å². The van der Waals surface area contributed by atoms with Crippen LogP contribution in [0, 0.1) is 5.92 Å². The standard InChI is InChI=1S/C16H31NO2/c1-15(2)11-17(12-16(3,4)19-15)10-14(18)13-8-6-5-7-9-13/h13-14,18H,5-12H2,1-4H3. The largest absolute Gasteiger partial charge is 0.392 e. The molecule has 0 radical (unpaired) electrons. The molecule has 0 aromatic heterocycles. The number of β-amino-alcohol motifs (C(OH)–C–C–N with tert-alkyl or cyclic N) is 1. The predicted molar refractivity (Wildman–Crippen MR) is 78.3 cm³/mol. The van der Waals surface area contributed by atoms with E-state index in [0.717, 1.165) is 19.6 Å². The average Bonchev–Trinajstić information content (AvgIpc) is 2.25. The van der Waals surface area contributed by atoms with Gasteiger partial charge in [0.1, 0.15) is 0 Å². The van der Waals surface area contributed by atoms with Crippen LogP contribution in [-0.4, -0.2) is 46.9 Å². The Balaban J connectivity index is 1.90. The van der Waals surface area contributed by atoms with Crippen LogP contribution in [0.5, 0.6) is 0 Å². The van der Waals surface area contributed by atoms with Crippen LogP contribution in [0.25, 0.3) is 0 Å². The van der Waals surface area contributed by atoms with Gasteiger partial charge in [0.25, 0.3) is 0 Å². The van der Waals surface area contributed by atoms with Crippen LogP contribution >= 0.6 is 0 Å². The van der Waals surface area contributed by atoms with Gasteiger partial charge in [0.2, 0.25) is 0 Å². The Hall–Kier alpha value is -0.120. The van der Waals surface area contributed by atoms with Crippen LogP contribution in [0.15, 0.2) is 0 Å². The Morgan fingerprint density at radius 1 is 1.05 bits per heavy atom. The van der Waals surface area contributed by atoms with E-state index in [1.165, 1.54) is 32.1 Å². The van der Waals surface area contributed by atoms with Crippen LogP contribution in [0.1, 0.15) is 59.8 Å². The number of nitrogens with zero attached hydrogens (tertiary/aromatic N) is 1. The van der Waals surface area contributed by atoms with Crippen LogP contribution < -0.4 is 0 Å². The van der Waals surface area contributed by atoms with Crippen molar-refractivity contribution in [1.29, 1.82) is 0 Å². The Labute approximate surface area is 118 Å². The van der Waals surface area contributed by atoms with Crippen molar-refractivity contribution in [3.63, 3.8) is 0 Å². The Morgan fingerprint density at radius 3 is 2.11 bits per heavy atom. The molecule has 1 aliphatic heterocycles. The molecule has 1 heterocycles. The number of hydrogen-bond donors (Lipinski definition) is 1. The first kappa shape index (κ1) is 15.3. The lowest BCUT2D eigenvalue weighted by Gasteiger charge is -2.48. The van der Waals surface area contributed by atoms with Gasteiger partial charge in [-0.2, -0.15) is 0 Å². The number of ether oxygens (including phenoxy) is 1. The fourth-order valence-electron chi connectivity index (χ4n) is 4.01. The molecule has 1 aliphatic carbocycles. The normalized spacial score (nSPS) is 30.2. The summed E-state index contributed by atoms with van der Waals surface area (Å²) in [5, 5.41) is 10.5. The highest BCUT2D eigenvalue weighted by atomic mass is 16.5.